The summed E-state index contributed by atoms with van der Waals surface area (Å²) in [6.45, 7) is -0.163. The summed E-state index contributed by atoms with van der Waals surface area (Å²) in [5.41, 5.74) is 7.20. The van der Waals surface area contributed by atoms with Gasteiger partial charge in [0, 0.05) is 11.8 Å². The first-order valence-corrected chi connectivity index (χ1v) is 7.85. The normalized spacial score (nSPS) is 10.9. The van der Waals surface area contributed by atoms with Crippen molar-refractivity contribution in [3.63, 3.8) is 0 Å². The molecule has 0 amide bonds. The number of nitriles is 1. The number of benzene rings is 1. The monoisotopic (exact) mass is 363 g/mol. The molecular formula is C18H11F2N7. The van der Waals surface area contributed by atoms with Crippen LogP contribution in [0.5, 0.6) is 0 Å². The van der Waals surface area contributed by atoms with E-state index in [-0.39, 0.29) is 18.1 Å². The highest BCUT2D eigenvalue weighted by atomic mass is 19.1. The van der Waals surface area contributed by atoms with E-state index in [1.54, 1.807) is 12.1 Å². The number of nitrogens with zero attached hydrogens (tertiary/aromatic N) is 6. The van der Waals surface area contributed by atoms with Gasteiger partial charge in [0.15, 0.2) is 5.65 Å². The maximum Gasteiger partial charge on any atom is 0.222 e. The molecule has 27 heavy (non-hydrogen) atoms. The second kappa shape index (κ2) is 6.42. The zero-order valence-electron chi connectivity index (χ0n) is 13.8. The van der Waals surface area contributed by atoms with Gasteiger partial charge in [-0.2, -0.15) is 15.3 Å². The van der Waals surface area contributed by atoms with Gasteiger partial charge < -0.3 is 5.73 Å². The number of anilines is 1. The molecular weight excluding hydrogens is 352 g/mol. The number of nitrogens with two attached hydrogens (primary N) is 1. The molecule has 2 N–H and O–H groups in total. The van der Waals surface area contributed by atoms with Crippen molar-refractivity contribution in [1.29, 1.82) is 5.26 Å². The molecule has 4 aromatic rings. The Kier molecular flexibility index (Phi) is 3.93. The van der Waals surface area contributed by atoms with Gasteiger partial charge in [-0.05, 0) is 24.3 Å². The van der Waals surface area contributed by atoms with Crippen molar-refractivity contribution in [2.24, 2.45) is 0 Å². The van der Waals surface area contributed by atoms with Gasteiger partial charge in [-0.3, -0.25) is 4.98 Å². The topological polar surface area (TPSA) is 106 Å². The van der Waals surface area contributed by atoms with Crippen molar-refractivity contribution in [3.05, 3.63) is 65.5 Å². The molecule has 3 heterocycles. The van der Waals surface area contributed by atoms with E-state index in [1.807, 2.05) is 6.07 Å². The third kappa shape index (κ3) is 2.93. The standard InChI is InChI=1S/C18H11F2N7/c19-13-2-1-3-14(20)12(13)9-27-17-11(8-24-27)16(25-18(22)26-17)15-6-10(7-21)4-5-23-15/h1-6,8H,9H2,(H2,22,25,26). The Labute approximate surface area is 151 Å². The van der Waals surface area contributed by atoms with Gasteiger partial charge in [-0.15, -0.1) is 0 Å². The van der Waals surface area contributed by atoms with E-state index < -0.39 is 11.6 Å². The Morgan fingerprint density at radius 1 is 1.15 bits per heavy atom. The first-order chi connectivity index (χ1) is 13.1. The summed E-state index contributed by atoms with van der Waals surface area (Å²) in [6.07, 6.45) is 2.96. The van der Waals surface area contributed by atoms with Crippen molar-refractivity contribution >= 4 is 17.0 Å². The summed E-state index contributed by atoms with van der Waals surface area (Å²) in [4.78, 5) is 12.6. The average Bonchev–Trinajstić information content (AvgIpc) is 3.07. The van der Waals surface area contributed by atoms with Crippen LogP contribution in [0.1, 0.15) is 11.1 Å². The minimum atomic E-state index is -0.677. The van der Waals surface area contributed by atoms with E-state index in [4.69, 9.17) is 11.0 Å². The van der Waals surface area contributed by atoms with Crippen molar-refractivity contribution in [2.45, 2.75) is 6.54 Å². The highest BCUT2D eigenvalue weighted by Crippen LogP contribution is 2.26. The van der Waals surface area contributed by atoms with Gasteiger partial charge >= 0.3 is 0 Å². The molecule has 4 rings (SSSR count). The minimum Gasteiger partial charge on any atom is -0.368 e. The maximum absolute atomic E-state index is 14.0. The van der Waals surface area contributed by atoms with Crippen LogP contribution in [0, 0.1) is 23.0 Å². The molecule has 0 aliphatic heterocycles. The smallest absolute Gasteiger partial charge is 0.222 e. The molecule has 0 radical (unpaired) electrons. The van der Waals surface area contributed by atoms with Crippen molar-refractivity contribution < 1.29 is 8.78 Å². The van der Waals surface area contributed by atoms with Crippen LogP contribution in [0.4, 0.5) is 14.7 Å². The van der Waals surface area contributed by atoms with E-state index in [2.05, 4.69) is 20.1 Å². The fraction of sp³-hybridized carbons (Fsp3) is 0.0556. The lowest BCUT2D eigenvalue weighted by atomic mass is 10.1. The number of fused-ring (bicyclic) bond motifs is 1. The van der Waals surface area contributed by atoms with Crippen LogP contribution >= 0.6 is 0 Å². The zero-order chi connectivity index (χ0) is 19.0. The van der Waals surface area contributed by atoms with Gasteiger partial charge in [0.1, 0.15) is 17.3 Å². The van der Waals surface area contributed by atoms with Crippen LogP contribution in [0.2, 0.25) is 0 Å². The van der Waals surface area contributed by atoms with Gasteiger partial charge in [0.05, 0.1) is 35.5 Å². The number of hydrogen-bond donors (Lipinski definition) is 1. The van der Waals surface area contributed by atoms with Crippen LogP contribution < -0.4 is 5.73 Å². The Bertz CT molecular complexity index is 1190. The molecule has 0 fully saturated rings. The van der Waals surface area contributed by atoms with E-state index in [1.165, 1.54) is 35.3 Å². The molecule has 7 nitrogen and oxygen atoms in total. The first kappa shape index (κ1) is 16.5. The van der Waals surface area contributed by atoms with E-state index in [9.17, 15) is 8.78 Å². The lowest BCUT2D eigenvalue weighted by Gasteiger charge is -2.07. The number of aromatic nitrogens is 5. The molecule has 0 bridgehead atoms. The molecule has 132 valence electrons. The van der Waals surface area contributed by atoms with Gasteiger partial charge in [-0.25, -0.2) is 18.4 Å². The quantitative estimate of drug-likeness (QED) is 0.600. The van der Waals surface area contributed by atoms with Crippen LogP contribution in [0.15, 0.2) is 42.7 Å². The summed E-state index contributed by atoms with van der Waals surface area (Å²) >= 11 is 0. The van der Waals surface area contributed by atoms with Crippen molar-refractivity contribution in [3.8, 4) is 17.5 Å². The Hall–Kier alpha value is -3.93. The van der Waals surface area contributed by atoms with Gasteiger partial charge in [-0.1, -0.05) is 6.07 Å². The summed E-state index contributed by atoms with van der Waals surface area (Å²) in [5, 5.41) is 13.8. The predicted octanol–water partition coefficient (Wildman–Crippen LogP) is 2.67. The van der Waals surface area contributed by atoms with Crippen LogP contribution in [0.25, 0.3) is 22.4 Å². The Balaban J connectivity index is 1.87. The number of hydrogen-bond acceptors (Lipinski definition) is 6. The highest BCUT2D eigenvalue weighted by Gasteiger charge is 2.17. The molecule has 0 aliphatic rings. The Morgan fingerprint density at radius 2 is 1.93 bits per heavy atom. The van der Waals surface area contributed by atoms with Crippen molar-refractivity contribution in [2.75, 3.05) is 5.73 Å². The first-order valence-electron chi connectivity index (χ1n) is 7.85. The number of pyridine rings is 1. The highest BCUT2D eigenvalue weighted by molar-refractivity contribution is 5.90. The molecule has 0 saturated heterocycles. The zero-order valence-corrected chi connectivity index (χ0v) is 13.8. The predicted molar refractivity (Wildman–Crippen MR) is 93.1 cm³/mol. The molecule has 0 atom stereocenters. The molecule has 0 unspecified atom stereocenters. The molecule has 3 aromatic heterocycles. The Morgan fingerprint density at radius 3 is 2.67 bits per heavy atom. The third-order valence-electron chi connectivity index (χ3n) is 4.01. The largest absolute Gasteiger partial charge is 0.368 e. The SMILES string of the molecule is N#Cc1ccnc(-c2nc(N)nc3c2cnn3Cc2c(F)cccc2F)c1. The van der Waals surface area contributed by atoms with E-state index in [0.717, 1.165) is 0 Å². The number of halogens is 2. The van der Waals surface area contributed by atoms with Crippen LogP contribution in [-0.4, -0.2) is 24.7 Å². The van der Waals surface area contributed by atoms with Gasteiger partial charge in [0.25, 0.3) is 0 Å². The number of rotatable bonds is 3. The van der Waals surface area contributed by atoms with Crippen molar-refractivity contribution in [1.82, 2.24) is 24.7 Å². The lowest BCUT2D eigenvalue weighted by Crippen LogP contribution is -2.08. The fourth-order valence-electron chi connectivity index (χ4n) is 2.75. The molecule has 1 aromatic carbocycles. The van der Waals surface area contributed by atoms with Gasteiger partial charge in [0.2, 0.25) is 5.95 Å². The van der Waals surface area contributed by atoms with E-state index >= 15 is 0 Å². The third-order valence-corrected chi connectivity index (χ3v) is 4.01. The second-order valence-corrected chi connectivity index (χ2v) is 5.71. The lowest BCUT2D eigenvalue weighted by molar-refractivity contribution is 0.536. The average molecular weight is 363 g/mol. The van der Waals surface area contributed by atoms with Crippen LogP contribution in [-0.2, 0) is 6.54 Å². The molecule has 9 heteroatoms. The summed E-state index contributed by atoms with van der Waals surface area (Å²) in [6, 6.07) is 8.81. The van der Waals surface area contributed by atoms with E-state index in [0.29, 0.717) is 28.0 Å². The number of nitrogen functional groups attached to an aromatic ring is 1. The summed E-state index contributed by atoms with van der Waals surface area (Å²) in [7, 11) is 0. The summed E-state index contributed by atoms with van der Waals surface area (Å²) in [5.74, 6) is -1.40. The van der Waals surface area contributed by atoms with Crippen LogP contribution in [0.3, 0.4) is 0 Å². The molecule has 0 spiro atoms. The maximum atomic E-state index is 14.0. The molecule has 0 aliphatic carbocycles. The second-order valence-electron chi connectivity index (χ2n) is 5.71. The fourth-order valence-corrected chi connectivity index (χ4v) is 2.75. The molecule has 0 saturated carbocycles. The summed E-state index contributed by atoms with van der Waals surface area (Å²) < 4.78 is 29.3. The minimum absolute atomic E-state index is 0.0441.